The quantitative estimate of drug-likeness (QED) is 0.625. The fourth-order valence-electron chi connectivity index (χ4n) is 1.47. The fourth-order valence-corrected chi connectivity index (χ4v) is 1.47. The smallest absolute Gasteiger partial charge is 0.00726 e. The topological polar surface area (TPSA) is 0 Å². The van der Waals surface area contributed by atoms with Crippen molar-refractivity contribution in [3.63, 3.8) is 0 Å². The van der Waals surface area contributed by atoms with Crippen LogP contribution in [0.1, 0.15) is 25.0 Å². The normalized spacial score (nSPS) is 9.86. The van der Waals surface area contributed by atoms with Crippen LogP contribution in [0.5, 0.6) is 0 Å². The highest BCUT2D eigenvalue weighted by Gasteiger charge is 1.95. The van der Waals surface area contributed by atoms with Gasteiger partial charge in [0.1, 0.15) is 0 Å². The van der Waals surface area contributed by atoms with Gasteiger partial charge in [0.2, 0.25) is 0 Å². The second kappa shape index (κ2) is 4.80. The molecule has 0 saturated heterocycles. The molecule has 0 saturated carbocycles. The molecule has 0 aromatic heterocycles. The van der Waals surface area contributed by atoms with Crippen LogP contribution in [-0.2, 0) is 12.8 Å². The zero-order valence-electron chi connectivity index (χ0n) is 9.14. The summed E-state index contributed by atoms with van der Waals surface area (Å²) in [7, 11) is 0. The lowest BCUT2D eigenvalue weighted by atomic mass is 10.0. The maximum atomic E-state index is 3.91. The molecule has 0 heteroatoms. The maximum absolute atomic E-state index is 3.91. The van der Waals surface area contributed by atoms with Gasteiger partial charge >= 0.3 is 0 Å². The third-order valence-electron chi connectivity index (χ3n) is 2.03. The van der Waals surface area contributed by atoms with E-state index in [1.54, 1.807) is 0 Å². The van der Waals surface area contributed by atoms with Crippen LogP contribution in [0.3, 0.4) is 0 Å². The summed E-state index contributed by atoms with van der Waals surface area (Å²) in [5, 5.41) is 0. The van der Waals surface area contributed by atoms with Crippen molar-refractivity contribution in [1.82, 2.24) is 0 Å². The molecular weight excluding hydrogens is 168 g/mol. The first kappa shape index (κ1) is 10.8. The van der Waals surface area contributed by atoms with Gasteiger partial charge in [-0.2, -0.15) is 0 Å². The van der Waals surface area contributed by atoms with Gasteiger partial charge in [-0.05, 0) is 37.8 Å². The van der Waals surface area contributed by atoms with E-state index in [0.717, 1.165) is 12.8 Å². The fraction of sp³-hybridized carbons (Fsp3) is 0.286. The molecule has 74 valence electrons. The van der Waals surface area contributed by atoms with Gasteiger partial charge < -0.3 is 0 Å². The summed E-state index contributed by atoms with van der Waals surface area (Å²) in [5.74, 6) is 0. The Bertz CT molecular complexity index is 293. The SMILES string of the molecule is C=C(C)Cc1ccc(CC(=C)C)cc1. The summed E-state index contributed by atoms with van der Waals surface area (Å²) < 4.78 is 0. The Morgan fingerprint density at radius 3 is 1.36 bits per heavy atom. The molecule has 0 aliphatic carbocycles. The highest BCUT2D eigenvalue weighted by atomic mass is 14.0. The Hall–Kier alpha value is -1.30. The zero-order chi connectivity index (χ0) is 10.6. The predicted octanol–water partition coefficient (Wildman–Crippen LogP) is 3.92. The summed E-state index contributed by atoms with van der Waals surface area (Å²) in [6.45, 7) is 11.9. The van der Waals surface area contributed by atoms with Crippen molar-refractivity contribution in [2.75, 3.05) is 0 Å². The molecule has 0 radical (unpaired) electrons. The Morgan fingerprint density at radius 2 is 1.14 bits per heavy atom. The summed E-state index contributed by atoms with van der Waals surface area (Å²) in [6.07, 6.45) is 1.96. The second-order valence-corrected chi connectivity index (χ2v) is 4.08. The molecule has 14 heavy (non-hydrogen) atoms. The van der Waals surface area contributed by atoms with Gasteiger partial charge in [0.05, 0.1) is 0 Å². The van der Waals surface area contributed by atoms with E-state index in [0.29, 0.717) is 0 Å². The molecule has 1 rings (SSSR count). The number of hydrogen-bond acceptors (Lipinski definition) is 0. The van der Waals surface area contributed by atoms with Crippen molar-refractivity contribution in [3.05, 3.63) is 59.7 Å². The van der Waals surface area contributed by atoms with E-state index in [2.05, 4.69) is 51.3 Å². The monoisotopic (exact) mass is 186 g/mol. The average molecular weight is 186 g/mol. The Kier molecular flexibility index (Phi) is 3.70. The van der Waals surface area contributed by atoms with E-state index in [4.69, 9.17) is 0 Å². The second-order valence-electron chi connectivity index (χ2n) is 4.08. The van der Waals surface area contributed by atoms with Crippen LogP contribution < -0.4 is 0 Å². The lowest BCUT2D eigenvalue weighted by Gasteiger charge is -2.03. The number of rotatable bonds is 4. The molecule has 0 fully saturated rings. The standard InChI is InChI=1S/C14H18/c1-11(2)9-13-5-7-14(8-6-13)10-12(3)4/h5-8H,1,3,9-10H2,2,4H3. The minimum absolute atomic E-state index is 0.980. The molecule has 0 nitrogen and oxygen atoms in total. The van der Waals surface area contributed by atoms with Crippen molar-refractivity contribution >= 4 is 0 Å². The summed E-state index contributed by atoms with van der Waals surface area (Å²) in [4.78, 5) is 0. The van der Waals surface area contributed by atoms with Crippen molar-refractivity contribution in [1.29, 1.82) is 0 Å². The van der Waals surface area contributed by atoms with Crippen LogP contribution in [0.25, 0.3) is 0 Å². The van der Waals surface area contributed by atoms with Crippen molar-refractivity contribution < 1.29 is 0 Å². The third kappa shape index (κ3) is 3.61. The predicted molar refractivity (Wildman–Crippen MR) is 63.5 cm³/mol. The number of benzene rings is 1. The molecule has 0 amide bonds. The average Bonchev–Trinajstić information content (AvgIpc) is 2.06. The van der Waals surface area contributed by atoms with Gasteiger partial charge in [-0.1, -0.05) is 48.6 Å². The first-order valence-electron chi connectivity index (χ1n) is 4.94. The van der Waals surface area contributed by atoms with E-state index in [-0.39, 0.29) is 0 Å². The van der Waals surface area contributed by atoms with Crippen LogP contribution in [0.15, 0.2) is 48.6 Å². The van der Waals surface area contributed by atoms with E-state index < -0.39 is 0 Å². The van der Waals surface area contributed by atoms with E-state index in [1.807, 2.05) is 0 Å². The summed E-state index contributed by atoms with van der Waals surface area (Å²) in [5.41, 5.74) is 5.08. The molecule has 0 aliphatic rings. The molecule has 1 aromatic rings. The molecule has 1 aromatic carbocycles. The Labute approximate surface area is 87.0 Å². The van der Waals surface area contributed by atoms with Crippen molar-refractivity contribution in [2.24, 2.45) is 0 Å². The van der Waals surface area contributed by atoms with Crippen LogP contribution >= 0.6 is 0 Å². The van der Waals surface area contributed by atoms with Gasteiger partial charge in [-0.3, -0.25) is 0 Å². The van der Waals surface area contributed by atoms with Gasteiger partial charge in [-0.15, -0.1) is 0 Å². The van der Waals surface area contributed by atoms with Crippen LogP contribution in [0.2, 0.25) is 0 Å². The highest BCUT2D eigenvalue weighted by Crippen LogP contribution is 2.11. The largest absolute Gasteiger partial charge is 0.0998 e. The van der Waals surface area contributed by atoms with E-state index in [9.17, 15) is 0 Å². The lowest BCUT2D eigenvalue weighted by Crippen LogP contribution is -1.89. The molecule has 0 unspecified atom stereocenters. The van der Waals surface area contributed by atoms with Crippen LogP contribution in [-0.4, -0.2) is 0 Å². The molecule has 0 bridgehead atoms. The first-order valence-corrected chi connectivity index (χ1v) is 4.94. The molecule has 0 spiro atoms. The zero-order valence-corrected chi connectivity index (χ0v) is 9.14. The van der Waals surface area contributed by atoms with E-state index in [1.165, 1.54) is 22.3 Å². The van der Waals surface area contributed by atoms with Crippen molar-refractivity contribution in [2.45, 2.75) is 26.7 Å². The van der Waals surface area contributed by atoms with Gasteiger partial charge in [0, 0.05) is 0 Å². The van der Waals surface area contributed by atoms with E-state index >= 15 is 0 Å². The van der Waals surface area contributed by atoms with Crippen LogP contribution in [0.4, 0.5) is 0 Å². The summed E-state index contributed by atoms with van der Waals surface area (Å²) >= 11 is 0. The number of hydrogen-bond donors (Lipinski definition) is 0. The molecular formula is C14H18. The van der Waals surface area contributed by atoms with Gasteiger partial charge in [0.25, 0.3) is 0 Å². The Balaban J connectivity index is 2.68. The first-order chi connectivity index (χ1) is 6.58. The molecule has 0 N–H and O–H groups in total. The molecule has 0 atom stereocenters. The Morgan fingerprint density at radius 1 is 0.857 bits per heavy atom. The lowest BCUT2D eigenvalue weighted by molar-refractivity contribution is 1.12. The third-order valence-corrected chi connectivity index (χ3v) is 2.03. The maximum Gasteiger partial charge on any atom is -0.00726 e. The minimum Gasteiger partial charge on any atom is -0.0998 e. The molecule has 0 heterocycles. The number of allylic oxidation sites excluding steroid dienone is 2. The van der Waals surface area contributed by atoms with Gasteiger partial charge in [0.15, 0.2) is 0 Å². The van der Waals surface area contributed by atoms with Crippen LogP contribution in [0, 0.1) is 0 Å². The summed E-state index contributed by atoms with van der Waals surface area (Å²) in [6, 6.07) is 8.69. The highest BCUT2D eigenvalue weighted by molar-refractivity contribution is 5.27. The van der Waals surface area contributed by atoms with Gasteiger partial charge in [-0.25, -0.2) is 0 Å². The van der Waals surface area contributed by atoms with Crippen molar-refractivity contribution in [3.8, 4) is 0 Å². The minimum atomic E-state index is 0.980. The molecule has 0 aliphatic heterocycles.